The molecule has 0 spiro atoms. The molecule has 0 atom stereocenters. The van der Waals surface area contributed by atoms with E-state index in [1.807, 2.05) is 0 Å². The van der Waals surface area contributed by atoms with Gasteiger partial charge in [0.2, 0.25) is 0 Å². The minimum absolute atomic E-state index is 0.00314. The number of amides is 1. The molecule has 0 saturated carbocycles. The summed E-state index contributed by atoms with van der Waals surface area (Å²) in [6.07, 6.45) is -12.2. The van der Waals surface area contributed by atoms with Crippen molar-refractivity contribution in [3.8, 4) is 11.1 Å². The van der Waals surface area contributed by atoms with Gasteiger partial charge in [-0.05, 0) is 23.8 Å². The lowest BCUT2D eigenvalue weighted by Crippen LogP contribution is -2.53. The Morgan fingerprint density at radius 2 is 1.44 bits per heavy atom. The summed E-state index contributed by atoms with van der Waals surface area (Å²) in [5.74, 6) is -1.38. The van der Waals surface area contributed by atoms with Crippen LogP contribution in [0.2, 0.25) is 0 Å². The van der Waals surface area contributed by atoms with Crippen LogP contribution < -0.4 is 5.32 Å². The third-order valence-electron chi connectivity index (χ3n) is 3.65. The maximum absolute atomic E-state index is 14.2. The maximum atomic E-state index is 14.2. The van der Waals surface area contributed by atoms with Gasteiger partial charge in [-0.3, -0.25) is 4.79 Å². The molecule has 0 aliphatic rings. The van der Waals surface area contributed by atoms with Gasteiger partial charge in [0, 0.05) is 39.4 Å². The Morgan fingerprint density at radius 1 is 0.926 bits per heavy atom. The van der Waals surface area contributed by atoms with Crippen LogP contribution in [-0.4, -0.2) is 21.4 Å². The van der Waals surface area contributed by atoms with Crippen molar-refractivity contribution in [1.82, 2.24) is 0 Å². The van der Waals surface area contributed by atoms with E-state index < -0.39 is 33.2 Å². The van der Waals surface area contributed by atoms with E-state index in [0.717, 1.165) is 0 Å². The third kappa shape index (κ3) is 4.18. The number of aliphatic hydroxyl groups is 1. The molecule has 2 aromatic carbocycles. The van der Waals surface area contributed by atoms with Gasteiger partial charge < -0.3 is 10.4 Å². The summed E-state index contributed by atoms with van der Waals surface area (Å²) in [4.78, 5) is 10.9. The molecule has 0 heterocycles. The minimum atomic E-state index is -6.10. The predicted molar refractivity (Wildman–Crippen MR) is 90.9 cm³/mol. The van der Waals surface area contributed by atoms with Crippen LogP contribution in [0.25, 0.3) is 11.1 Å². The third-order valence-corrected chi connectivity index (χ3v) is 3.92. The molecule has 11 heteroatoms. The van der Waals surface area contributed by atoms with E-state index >= 15 is 0 Å². The Balaban J connectivity index is 2.47. The highest BCUT2D eigenvalue weighted by Crippen LogP contribution is 2.50. The average Bonchev–Trinajstić information content (AvgIpc) is 2.52. The number of hydrogen-bond acceptors (Lipinski definition) is 2. The highest BCUT2D eigenvalue weighted by Gasteiger charge is 2.71. The Labute approximate surface area is 161 Å². The molecule has 146 valence electrons. The SMILES string of the molecule is O=C(I)Nc1ccc(-c2ccc(C(O)(C(F)(F)F)C(F)(F)F)cc2F)cc1. The Morgan fingerprint density at radius 3 is 1.85 bits per heavy atom. The molecule has 0 fully saturated rings. The number of benzene rings is 2. The molecular weight excluding hydrogens is 498 g/mol. The van der Waals surface area contributed by atoms with E-state index in [1.54, 1.807) is 0 Å². The fourth-order valence-electron chi connectivity index (χ4n) is 2.31. The molecule has 0 radical (unpaired) electrons. The van der Waals surface area contributed by atoms with Crippen LogP contribution in [0.5, 0.6) is 0 Å². The first-order valence-electron chi connectivity index (χ1n) is 7.00. The van der Waals surface area contributed by atoms with Crippen LogP contribution >= 0.6 is 22.6 Å². The lowest BCUT2D eigenvalue weighted by molar-refractivity contribution is -0.376. The molecule has 0 aromatic heterocycles. The fourth-order valence-corrected chi connectivity index (χ4v) is 2.62. The molecule has 0 aliphatic carbocycles. The quantitative estimate of drug-likeness (QED) is 0.240. The van der Waals surface area contributed by atoms with Crippen LogP contribution in [0, 0.1) is 5.82 Å². The van der Waals surface area contributed by atoms with Crippen molar-refractivity contribution in [2.45, 2.75) is 18.0 Å². The molecule has 1 amide bonds. The summed E-state index contributed by atoms with van der Waals surface area (Å²) in [6, 6.07) is 6.46. The second-order valence-electron chi connectivity index (χ2n) is 5.38. The number of carbonyl (C=O) groups excluding carboxylic acids is 1. The van der Waals surface area contributed by atoms with Gasteiger partial charge >= 0.3 is 12.4 Å². The summed E-state index contributed by atoms with van der Waals surface area (Å²) in [5.41, 5.74) is -6.66. The summed E-state index contributed by atoms with van der Waals surface area (Å²) >= 11 is 1.48. The average molecular weight is 507 g/mol. The van der Waals surface area contributed by atoms with Crippen molar-refractivity contribution in [2.24, 2.45) is 0 Å². The lowest BCUT2D eigenvalue weighted by atomic mass is 9.90. The van der Waals surface area contributed by atoms with E-state index in [1.165, 1.54) is 46.9 Å². The molecule has 27 heavy (non-hydrogen) atoms. The topological polar surface area (TPSA) is 49.3 Å². The Hall–Kier alpha value is -1.89. The van der Waals surface area contributed by atoms with Gasteiger partial charge in [0.25, 0.3) is 9.51 Å². The van der Waals surface area contributed by atoms with Gasteiger partial charge in [0.15, 0.2) is 0 Å². The smallest absolute Gasteiger partial charge is 0.369 e. The van der Waals surface area contributed by atoms with Gasteiger partial charge in [-0.25, -0.2) is 4.39 Å². The number of halogens is 8. The molecular formula is C16H9F7INO2. The molecule has 0 unspecified atom stereocenters. The molecule has 0 bridgehead atoms. The molecule has 2 rings (SSSR count). The highest BCUT2D eigenvalue weighted by atomic mass is 127. The first-order valence-corrected chi connectivity index (χ1v) is 8.08. The van der Waals surface area contributed by atoms with Crippen molar-refractivity contribution in [3.63, 3.8) is 0 Å². The normalized spacial score (nSPS) is 12.8. The second-order valence-corrected chi connectivity index (χ2v) is 6.36. The van der Waals surface area contributed by atoms with E-state index in [4.69, 9.17) is 0 Å². The van der Waals surface area contributed by atoms with Crippen molar-refractivity contribution in [1.29, 1.82) is 0 Å². The largest absolute Gasteiger partial charge is 0.430 e. The van der Waals surface area contributed by atoms with Crippen LogP contribution in [-0.2, 0) is 5.60 Å². The van der Waals surface area contributed by atoms with Gasteiger partial charge in [-0.15, -0.1) is 0 Å². The Bertz CT molecular complexity index is 833. The van der Waals surface area contributed by atoms with Gasteiger partial charge in [0.1, 0.15) is 5.82 Å². The summed E-state index contributed by atoms with van der Waals surface area (Å²) < 4.78 is 91.0. The molecule has 0 saturated heterocycles. The number of alkyl halides is 6. The zero-order valence-electron chi connectivity index (χ0n) is 12.9. The molecule has 0 aliphatic heterocycles. The van der Waals surface area contributed by atoms with E-state index in [9.17, 15) is 40.6 Å². The van der Waals surface area contributed by atoms with Crippen LogP contribution in [0.15, 0.2) is 42.5 Å². The van der Waals surface area contributed by atoms with E-state index in [-0.39, 0.29) is 17.2 Å². The molecule has 2 N–H and O–H groups in total. The summed E-state index contributed by atoms with van der Waals surface area (Å²) in [5, 5.41) is 11.7. The van der Waals surface area contributed by atoms with Crippen molar-refractivity contribution < 1.29 is 40.6 Å². The first kappa shape index (κ1) is 21.4. The van der Waals surface area contributed by atoms with Crippen molar-refractivity contribution in [2.75, 3.05) is 5.32 Å². The second kappa shape index (κ2) is 7.26. The zero-order chi connectivity index (χ0) is 20.6. The molecule has 3 nitrogen and oxygen atoms in total. The standard InChI is InChI=1S/C16H9F7INO2/c17-12-7-9(14(27,15(18,19)20)16(21,22)23)3-6-11(12)8-1-4-10(5-2-8)25-13(24)26/h1-7,27H,(H,25,26). The fraction of sp³-hybridized carbons (Fsp3) is 0.188. The highest BCUT2D eigenvalue weighted by molar-refractivity contribution is 14.1. The summed E-state index contributed by atoms with van der Waals surface area (Å²) in [7, 11) is 0. The van der Waals surface area contributed by atoms with Crippen molar-refractivity contribution >= 4 is 32.2 Å². The number of carbonyl (C=O) groups is 1. The number of hydrogen-bond donors (Lipinski definition) is 2. The lowest BCUT2D eigenvalue weighted by Gasteiger charge is -2.32. The molecule has 2 aromatic rings. The predicted octanol–water partition coefficient (Wildman–Crippen LogP) is 5.77. The minimum Gasteiger partial charge on any atom is -0.369 e. The van der Waals surface area contributed by atoms with Gasteiger partial charge in [-0.2, -0.15) is 26.3 Å². The van der Waals surface area contributed by atoms with Crippen molar-refractivity contribution in [3.05, 3.63) is 53.8 Å². The van der Waals surface area contributed by atoms with Crippen LogP contribution in [0.3, 0.4) is 0 Å². The van der Waals surface area contributed by atoms with Gasteiger partial charge in [0.05, 0.1) is 0 Å². The zero-order valence-corrected chi connectivity index (χ0v) is 15.1. The maximum Gasteiger partial charge on any atom is 0.430 e. The van der Waals surface area contributed by atoms with Crippen LogP contribution in [0.1, 0.15) is 5.56 Å². The monoisotopic (exact) mass is 507 g/mol. The van der Waals surface area contributed by atoms with Crippen LogP contribution in [0.4, 0.5) is 41.2 Å². The van der Waals surface area contributed by atoms with Gasteiger partial charge in [-0.1, -0.05) is 24.3 Å². The first-order chi connectivity index (χ1) is 12.3. The Kier molecular flexibility index (Phi) is 5.76. The summed E-state index contributed by atoms with van der Waals surface area (Å²) in [6.45, 7) is 0. The number of rotatable bonds is 3. The van der Waals surface area contributed by atoms with E-state index in [0.29, 0.717) is 17.8 Å². The number of anilines is 1. The van der Waals surface area contributed by atoms with E-state index in [2.05, 4.69) is 5.32 Å². The number of nitrogens with one attached hydrogen (secondary N) is 1.